The molecule has 0 saturated heterocycles. The van der Waals surface area contributed by atoms with Crippen LogP contribution in [0.3, 0.4) is 0 Å². The Morgan fingerprint density at radius 2 is 1.82 bits per heavy atom. The summed E-state index contributed by atoms with van der Waals surface area (Å²) in [5.74, 6) is -0.864. The van der Waals surface area contributed by atoms with Crippen molar-refractivity contribution in [1.82, 2.24) is 0 Å². The van der Waals surface area contributed by atoms with E-state index in [1.54, 1.807) is 23.9 Å². The van der Waals surface area contributed by atoms with Crippen LogP contribution in [-0.4, -0.2) is 11.1 Å². The molecule has 0 aliphatic carbocycles. The van der Waals surface area contributed by atoms with E-state index in [1.807, 2.05) is 18.2 Å². The second-order valence-corrected chi connectivity index (χ2v) is 5.10. The predicted octanol–water partition coefficient (Wildman–Crippen LogP) is 3.44. The van der Waals surface area contributed by atoms with Gasteiger partial charge >= 0.3 is 5.97 Å². The SMILES string of the molecule is O=C(O)c1ccc2c(c1)Cc1ccccc1S2. The van der Waals surface area contributed by atoms with Crippen LogP contribution in [0.4, 0.5) is 0 Å². The summed E-state index contributed by atoms with van der Waals surface area (Å²) >= 11 is 1.71. The quantitative estimate of drug-likeness (QED) is 0.710. The number of carboxylic acid groups (broad SMARTS) is 1. The molecule has 0 spiro atoms. The van der Waals surface area contributed by atoms with Gasteiger partial charge in [0.15, 0.2) is 0 Å². The van der Waals surface area contributed by atoms with E-state index >= 15 is 0 Å². The molecule has 0 atom stereocenters. The molecule has 0 radical (unpaired) electrons. The van der Waals surface area contributed by atoms with Crippen molar-refractivity contribution in [3.8, 4) is 0 Å². The highest BCUT2D eigenvalue weighted by atomic mass is 32.2. The number of carbonyl (C=O) groups is 1. The van der Waals surface area contributed by atoms with Crippen molar-refractivity contribution in [2.24, 2.45) is 0 Å². The zero-order chi connectivity index (χ0) is 11.8. The Kier molecular flexibility index (Phi) is 2.41. The molecule has 2 nitrogen and oxygen atoms in total. The van der Waals surface area contributed by atoms with Gasteiger partial charge in [-0.2, -0.15) is 0 Å². The van der Waals surface area contributed by atoms with Crippen LogP contribution in [0.1, 0.15) is 21.5 Å². The summed E-state index contributed by atoms with van der Waals surface area (Å²) in [6.45, 7) is 0. The molecule has 1 heterocycles. The van der Waals surface area contributed by atoms with Gasteiger partial charge in [0.1, 0.15) is 0 Å². The van der Waals surface area contributed by atoms with Gasteiger partial charge in [-0.1, -0.05) is 30.0 Å². The van der Waals surface area contributed by atoms with Gasteiger partial charge in [-0.05, 0) is 41.8 Å². The zero-order valence-electron chi connectivity index (χ0n) is 9.01. The van der Waals surface area contributed by atoms with Gasteiger partial charge in [-0.15, -0.1) is 0 Å². The maximum absolute atomic E-state index is 10.9. The van der Waals surface area contributed by atoms with Crippen LogP contribution in [-0.2, 0) is 6.42 Å². The molecule has 0 amide bonds. The van der Waals surface area contributed by atoms with Crippen molar-refractivity contribution in [1.29, 1.82) is 0 Å². The molecule has 3 rings (SSSR count). The maximum atomic E-state index is 10.9. The number of hydrogen-bond acceptors (Lipinski definition) is 2. The molecular formula is C14H10O2S. The van der Waals surface area contributed by atoms with Crippen molar-refractivity contribution in [3.63, 3.8) is 0 Å². The van der Waals surface area contributed by atoms with Crippen LogP contribution in [0.2, 0.25) is 0 Å². The summed E-state index contributed by atoms with van der Waals surface area (Å²) in [6.07, 6.45) is 0.819. The van der Waals surface area contributed by atoms with Crippen molar-refractivity contribution < 1.29 is 9.90 Å². The fourth-order valence-corrected chi connectivity index (χ4v) is 3.08. The van der Waals surface area contributed by atoms with Gasteiger partial charge in [0.25, 0.3) is 0 Å². The summed E-state index contributed by atoms with van der Waals surface area (Å²) in [5.41, 5.74) is 2.74. The van der Waals surface area contributed by atoms with Gasteiger partial charge in [0, 0.05) is 9.79 Å². The fourth-order valence-electron chi connectivity index (χ4n) is 2.02. The Hall–Kier alpha value is -1.74. The third-order valence-corrected chi connectivity index (χ3v) is 4.12. The molecule has 1 N–H and O–H groups in total. The van der Waals surface area contributed by atoms with E-state index in [0.29, 0.717) is 5.56 Å². The second-order valence-electron chi connectivity index (χ2n) is 4.01. The highest BCUT2D eigenvalue weighted by Crippen LogP contribution is 2.39. The monoisotopic (exact) mass is 242 g/mol. The molecule has 0 fully saturated rings. The number of rotatable bonds is 1. The van der Waals surface area contributed by atoms with E-state index in [9.17, 15) is 4.79 Å². The van der Waals surface area contributed by atoms with Crippen LogP contribution in [0.25, 0.3) is 0 Å². The number of hydrogen-bond donors (Lipinski definition) is 1. The zero-order valence-corrected chi connectivity index (χ0v) is 9.83. The lowest BCUT2D eigenvalue weighted by molar-refractivity contribution is 0.0696. The molecule has 0 aromatic heterocycles. The first-order chi connectivity index (χ1) is 8.24. The highest BCUT2D eigenvalue weighted by molar-refractivity contribution is 7.99. The van der Waals surface area contributed by atoms with Crippen molar-refractivity contribution in [2.45, 2.75) is 16.2 Å². The summed E-state index contributed by atoms with van der Waals surface area (Å²) in [5, 5.41) is 8.97. The van der Waals surface area contributed by atoms with E-state index < -0.39 is 5.97 Å². The lowest BCUT2D eigenvalue weighted by atomic mass is 10.0. The molecule has 3 heteroatoms. The van der Waals surface area contributed by atoms with Gasteiger partial charge in [0.2, 0.25) is 0 Å². The lowest BCUT2D eigenvalue weighted by Crippen LogP contribution is -2.03. The minimum Gasteiger partial charge on any atom is -0.478 e. The highest BCUT2D eigenvalue weighted by Gasteiger charge is 2.16. The molecule has 0 saturated carbocycles. The predicted molar refractivity (Wildman–Crippen MR) is 66.8 cm³/mol. The van der Waals surface area contributed by atoms with E-state index in [-0.39, 0.29) is 0 Å². The van der Waals surface area contributed by atoms with Crippen LogP contribution in [0, 0.1) is 0 Å². The third kappa shape index (κ3) is 1.83. The van der Waals surface area contributed by atoms with E-state index in [4.69, 9.17) is 5.11 Å². The number of carboxylic acids is 1. The molecule has 1 aliphatic heterocycles. The first-order valence-electron chi connectivity index (χ1n) is 5.36. The Morgan fingerprint density at radius 1 is 1.06 bits per heavy atom. The standard InChI is InChI=1S/C14H10O2S/c15-14(16)10-5-6-13-11(8-10)7-9-3-1-2-4-12(9)17-13/h1-6,8H,7H2,(H,15,16). The lowest BCUT2D eigenvalue weighted by Gasteiger charge is -2.18. The van der Waals surface area contributed by atoms with Crippen molar-refractivity contribution in [3.05, 3.63) is 59.2 Å². The first kappa shape index (κ1) is 10.4. The van der Waals surface area contributed by atoms with Gasteiger partial charge in [-0.3, -0.25) is 0 Å². The Morgan fingerprint density at radius 3 is 2.65 bits per heavy atom. The smallest absolute Gasteiger partial charge is 0.335 e. The summed E-state index contributed by atoms with van der Waals surface area (Å²) in [7, 11) is 0. The molecule has 2 aromatic rings. The minimum absolute atomic E-state index is 0.365. The first-order valence-corrected chi connectivity index (χ1v) is 6.17. The van der Waals surface area contributed by atoms with Crippen LogP contribution >= 0.6 is 11.8 Å². The van der Waals surface area contributed by atoms with Crippen molar-refractivity contribution >= 4 is 17.7 Å². The van der Waals surface area contributed by atoms with E-state index in [1.165, 1.54) is 10.5 Å². The molecule has 84 valence electrons. The third-order valence-electron chi connectivity index (χ3n) is 2.88. The molecule has 1 aliphatic rings. The Bertz CT molecular complexity index is 605. The average molecular weight is 242 g/mol. The molecule has 2 aromatic carbocycles. The van der Waals surface area contributed by atoms with Crippen LogP contribution in [0.15, 0.2) is 52.3 Å². The van der Waals surface area contributed by atoms with Gasteiger partial charge in [-0.25, -0.2) is 4.79 Å². The Labute approximate surface area is 103 Å². The molecule has 0 bridgehead atoms. The maximum Gasteiger partial charge on any atom is 0.335 e. The number of aromatic carboxylic acids is 1. The van der Waals surface area contributed by atoms with Crippen molar-refractivity contribution in [2.75, 3.05) is 0 Å². The normalized spacial score (nSPS) is 12.7. The molecular weight excluding hydrogens is 232 g/mol. The second kappa shape index (κ2) is 3.93. The van der Waals surface area contributed by atoms with E-state index in [0.717, 1.165) is 16.9 Å². The minimum atomic E-state index is -0.864. The Balaban J connectivity index is 2.06. The molecule has 0 unspecified atom stereocenters. The molecule has 17 heavy (non-hydrogen) atoms. The largest absolute Gasteiger partial charge is 0.478 e. The number of fused-ring (bicyclic) bond motifs is 2. The van der Waals surface area contributed by atoms with Gasteiger partial charge in [0.05, 0.1) is 5.56 Å². The average Bonchev–Trinajstić information content (AvgIpc) is 2.35. The summed E-state index contributed by atoms with van der Waals surface area (Å²) in [6, 6.07) is 13.6. The number of benzene rings is 2. The fraction of sp³-hybridized carbons (Fsp3) is 0.0714. The van der Waals surface area contributed by atoms with Gasteiger partial charge < -0.3 is 5.11 Å². The van der Waals surface area contributed by atoms with Crippen LogP contribution in [0.5, 0.6) is 0 Å². The summed E-state index contributed by atoms with van der Waals surface area (Å²) in [4.78, 5) is 13.4. The van der Waals surface area contributed by atoms with Crippen LogP contribution < -0.4 is 0 Å². The summed E-state index contributed by atoms with van der Waals surface area (Å²) < 4.78 is 0. The van der Waals surface area contributed by atoms with E-state index in [2.05, 4.69) is 12.1 Å². The topological polar surface area (TPSA) is 37.3 Å².